The third-order valence-corrected chi connectivity index (χ3v) is 10.7. The molecule has 1 saturated heterocycles. The number of aliphatic hydroxyl groups excluding tert-OH is 1. The fraction of sp³-hybridized carbons (Fsp3) is 0.960. The van der Waals surface area contributed by atoms with Crippen LogP contribution in [0, 0.1) is 39.9 Å². The second-order valence-electron chi connectivity index (χ2n) is 12.1. The van der Waals surface area contributed by atoms with Gasteiger partial charge in [0, 0.05) is 18.4 Å². The van der Waals surface area contributed by atoms with Gasteiger partial charge in [0.2, 0.25) is 0 Å². The van der Waals surface area contributed by atoms with Gasteiger partial charge >= 0.3 is 0 Å². The lowest BCUT2D eigenvalue weighted by molar-refractivity contribution is -0.131. The maximum atomic E-state index is 10.7. The standard InChI is InChI=1S/C25H42N2O2/c1-23(2)20-7-5-17-18-6-8-22(28)25(18,4)12-9-19(17)24(20,3)13-10-21(23)27-29-16-11-14-26-15-16/h16-20,22,26,28H,5-15H2,1-4H3/b27-21+/t16-,17+,18+,19+,20?,22+,24-,25+/m1/s1. The number of rotatable bonds is 2. The van der Waals surface area contributed by atoms with Crippen molar-refractivity contribution in [1.29, 1.82) is 0 Å². The highest BCUT2D eigenvalue weighted by Gasteiger charge is 2.62. The molecule has 4 heteroatoms. The molecule has 4 aliphatic carbocycles. The van der Waals surface area contributed by atoms with Crippen molar-refractivity contribution >= 4 is 5.71 Å². The zero-order chi connectivity index (χ0) is 20.4. The minimum absolute atomic E-state index is 0.0669. The van der Waals surface area contributed by atoms with Crippen molar-refractivity contribution < 1.29 is 9.94 Å². The maximum absolute atomic E-state index is 10.7. The Balaban J connectivity index is 1.38. The molecule has 0 bridgehead atoms. The van der Waals surface area contributed by atoms with E-state index < -0.39 is 0 Å². The second kappa shape index (κ2) is 6.95. The maximum Gasteiger partial charge on any atom is 0.141 e. The first kappa shape index (κ1) is 20.3. The summed E-state index contributed by atoms with van der Waals surface area (Å²) in [6.07, 6.45) is 11.1. The summed E-state index contributed by atoms with van der Waals surface area (Å²) in [4.78, 5) is 5.98. The zero-order valence-corrected chi connectivity index (χ0v) is 19.0. The molecule has 0 spiro atoms. The van der Waals surface area contributed by atoms with Crippen LogP contribution in [0.2, 0.25) is 0 Å². The van der Waals surface area contributed by atoms with Gasteiger partial charge in [0.1, 0.15) is 6.10 Å². The first-order valence-electron chi connectivity index (χ1n) is 12.4. The van der Waals surface area contributed by atoms with Gasteiger partial charge in [0.15, 0.2) is 0 Å². The molecule has 5 aliphatic rings. The van der Waals surface area contributed by atoms with E-state index in [9.17, 15) is 5.11 Å². The average Bonchev–Trinajstić information content (AvgIpc) is 3.29. The van der Waals surface area contributed by atoms with Crippen LogP contribution >= 0.6 is 0 Å². The van der Waals surface area contributed by atoms with E-state index in [1.807, 2.05) is 0 Å². The molecular formula is C25H42N2O2. The van der Waals surface area contributed by atoms with Crippen molar-refractivity contribution in [3.63, 3.8) is 0 Å². The molecule has 29 heavy (non-hydrogen) atoms. The lowest BCUT2D eigenvalue weighted by atomic mass is 9.41. The van der Waals surface area contributed by atoms with E-state index in [2.05, 4.69) is 33.0 Å². The van der Waals surface area contributed by atoms with E-state index in [0.717, 1.165) is 50.1 Å². The van der Waals surface area contributed by atoms with Gasteiger partial charge in [-0.1, -0.05) is 32.9 Å². The van der Waals surface area contributed by atoms with Crippen molar-refractivity contribution in [2.24, 2.45) is 45.1 Å². The highest BCUT2D eigenvalue weighted by Crippen LogP contribution is 2.68. The fourth-order valence-electron chi connectivity index (χ4n) is 8.90. The predicted molar refractivity (Wildman–Crippen MR) is 117 cm³/mol. The van der Waals surface area contributed by atoms with Crippen LogP contribution in [0.1, 0.15) is 85.5 Å². The van der Waals surface area contributed by atoms with Crippen LogP contribution in [0.4, 0.5) is 0 Å². The molecule has 0 radical (unpaired) electrons. The second-order valence-corrected chi connectivity index (χ2v) is 12.1. The minimum Gasteiger partial charge on any atom is -0.393 e. The number of hydrogen-bond donors (Lipinski definition) is 2. The van der Waals surface area contributed by atoms with Crippen molar-refractivity contribution in [3.8, 4) is 0 Å². The molecule has 1 aliphatic heterocycles. The Hall–Kier alpha value is -0.610. The van der Waals surface area contributed by atoms with Crippen LogP contribution in [0.5, 0.6) is 0 Å². The molecule has 164 valence electrons. The predicted octanol–water partition coefficient (Wildman–Crippen LogP) is 4.76. The molecule has 0 aromatic rings. The molecule has 4 saturated carbocycles. The molecule has 5 fully saturated rings. The minimum atomic E-state index is -0.0669. The molecule has 1 unspecified atom stereocenters. The summed E-state index contributed by atoms with van der Waals surface area (Å²) in [6.45, 7) is 11.9. The third kappa shape index (κ3) is 2.95. The van der Waals surface area contributed by atoms with E-state index in [1.165, 1.54) is 44.2 Å². The monoisotopic (exact) mass is 402 g/mol. The molecule has 1 heterocycles. The Labute approximate surface area is 177 Å². The number of oxime groups is 1. The van der Waals surface area contributed by atoms with Crippen LogP contribution in [0.25, 0.3) is 0 Å². The van der Waals surface area contributed by atoms with E-state index >= 15 is 0 Å². The van der Waals surface area contributed by atoms with E-state index in [0.29, 0.717) is 11.3 Å². The van der Waals surface area contributed by atoms with Crippen LogP contribution in [-0.2, 0) is 4.84 Å². The number of nitrogens with one attached hydrogen (secondary N) is 1. The number of fused-ring (bicyclic) bond motifs is 5. The van der Waals surface area contributed by atoms with Gasteiger partial charge in [0.05, 0.1) is 11.8 Å². The van der Waals surface area contributed by atoms with Crippen LogP contribution in [0.15, 0.2) is 5.16 Å². The first-order chi connectivity index (χ1) is 13.8. The van der Waals surface area contributed by atoms with Gasteiger partial charge in [-0.3, -0.25) is 0 Å². The van der Waals surface area contributed by atoms with Crippen molar-refractivity contribution in [1.82, 2.24) is 5.32 Å². The Kier molecular flexibility index (Phi) is 4.87. The Bertz CT molecular complexity index is 670. The molecule has 8 atom stereocenters. The smallest absolute Gasteiger partial charge is 0.141 e. The summed E-state index contributed by atoms with van der Waals surface area (Å²) in [5, 5.41) is 18.8. The van der Waals surface area contributed by atoms with Crippen molar-refractivity contribution in [2.75, 3.05) is 13.1 Å². The van der Waals surface area contributed by atoms with Gasteiger partial charge in [0.25, 0.3) is 0 Å². The third-order valence-electron chi connectivity index (χ3n) is 10.7. The summed E-state index contributed by atoms with van der Waals surface area (Å²) in [7, 11) is 0. The number of hydrogen-bond acceptors (Lipinski definition) is 4. The average molecular weight is 403 g/mol. The summed E-state index contributed by atoms with van der Waals surface area (Å²) in [5.41, 5.74) is 2.03. The Morgan fingerprint density at radius 3 is 2.48 bits per heavy atom. The van der Waals surface area contributed by atoms with Gasteiger partial charge in [-0.2, -0.15) is 0 Å². The summed E-state index contributed by atoms with van der Waals surface area (Å²) in [5.74, 6) is 3.09. The van der Waals surface area contributed by atoms with Crippen LogP contribution in [0.3, 0.4) is 0 Å². The fourth-order valence-corrected chi connectivity index (χ4v) is 8.90. The van der Waals surface area contributed by atoms with Gasteiger partial charge < -0.3 is 15.3 Å². The number of nitrogens with zero attached hydrogens (tertiary/aromatic N) is 1. The summed E-state index contributed by atoms with van der Waals surface area (Å²) < 4.78 is 0. The Morgan fingerprint density at radius 1 is 0.931 bits per heavy atom. The largest absolute Gasteiger partial charge is 0.393 e. The molecule has 0 amide bonds. The summed E-state index contributed by atoms with van der Waals surface area (Å²) >= 11 is 0. The van der Waals surface area contributed by atoms with E-state index in [-0.39, 0.29) is 23.0 Å². The number of aliphatic hydroxyl groups is 1. The molecule has 4 nitrogen and oxygen atoms in total. The highest BCUT2D eigenvalue weighted by atomic mass is 16.6. The van der Waals surface area contributed by atoms with E-state index in [1.54, 1.807) is 0 Å². The van der Waals surface area contributed by atoms with Crippen molar-refractivity contribution in [2.45, 2.75) is 97.7 Å². The summed E-state index contributed by atoms with van der Waals surface area (Å²) in [6, 6.07) is 0. The van der Waals surface area contributed by atoms with Crippen LogP contribution in [-0.4, -0.2) is 36.1 Å². The van der Waals surface area contributed by atoms with Gasteiger partial charge in [-0.25, -0.2) is 0 Å². The molecule has 2 N–H and O–H groups in total. The van der Waals surface area contributed by atoms with Gasteiger partial charge in [-0.15, -0.1) is 0 Å². The lowest BCUT2D eigenvalue weighted by Crippen LogP contribution is -2.58. The normalized spacial score (nSPS) is 52.7. The van der Waals surface area contributed by atoms with Crippen molar-refractivity contribution in [3.05, 3.63) is 0 Å². The van der Waals surface area contributed by atoms with Gasteiger partial charge in [-0.05, 0) is 92.4 Å². The van der Waals surface area contributed by atoms with Crippen LogP contribution < -0.4 is 5.32 Å². The lowest BCUT2D eigenvalue weighted by Gasteiger charge is -2.63. The SMILES string of the molecule is CC1(C)/C(=N/O[C@@H]2CCNC2)CC[C@@]2(C)C1CC[C@H]1[C@@H]3CC[C@H](O)[C@@]3(C)CC[C@@H]12. The topological polar surface area (TPSA) is 53.8 Å². The molecule has 5 rings (SSSR count). The first-order valence-corrected chi connectivity index (χ1v) is 12.4. The molecule has 0 aromatic carbocycles. The molecule has 0 aromatic heterocycles. The quantitative estimate of drug-likeness (QED) is 0.655. The zero-order valence-electron chi connectivity index (χ0n) is 19.0. The Morgan fingerprint density at radius 2 is 1.72 bits per heavy atom. The van der Waals surface area contributed by atoms with E-state index in [4.69, 9.17) is 9.99 Å². The highest BCUT2D eigenvalue weighted by molar-refractivity contribution is 5.90. The molecular weight excluding hydrogens is 360 g/mol.